The van der Waals surface area contributed by atoms with E-state index >= 15 is 0 Å². The molecule has 1 aliphatic rings. The lowest BCUT2D eigenvalue weighted by atomic mass is 9.65. The van der Waals surface area contributed by atoms with Gasteiger partial charge in [-0.25, -0.2) is 0 Å². The average molecular weight is 258 g/mol. The molecule has 8 heteroatoms. The lowest BCUT2D eigenvalue weighted by Crippen LogP contribution is -2.41. The van der Waals surface area contributed by atoms with Crippen molar-refractivity contribution in [2.75, 3.05) is 0 Å². The van der Waals surface area contributed by atoms with Crippen molar-refractivity contribution in [3.05, 3.63) is 12.4 Å². The van der Waals surface area contributed by atoms with Gasteiger partial charge in [0.15, 0.2) is 0 Å². The van der Waals surface area contributed by atoms with Gasteiger partial charge >= 0.3 is 7.12 Å². The quantitative estimate of drug-likeness (QED) is 0.718. The summed E-state index contributed by atoms with van der Waals surface area (Å²) in [5, 5.41) is 11.6. The molecule has 1 fully saturated rings. The summed E-state index contributed by atoms with van der Waals surface area (Å²) >= 11 is 0. The summed E-state index contributed by atoms with van der Waals surface area (Å²) in [6.45, 7) is 7.92. The molecule has 1 saturated heterocycles. The molecule has 0 amide bonds. The van der Waals surface area contributed by atoms with Gasteiger partial charge in [-0.2, -0.15) is 5.10 Å². The highest BCUT2D eigenvalue weighted by Crippen LogP contribution is 2.36. The number of aliphatic hydroxyl groups is 1. The Bertz CT molecular complexity index is 452. The summed E-state index contributed by atoms with van der Waals surface area (Å²) in [4.78, 5) is 0. The summed E-state index contributed by atoms with van der Waals surface area (Å²) in [6, 6.07) is 0. The molecule has 0 aliphatic carbocycles. The predicted molar refractivity (Wildman–Crippen MR) is 74.4 cm³/mol. The number of aromatic nitrogens is 2. The van der Waals surface area contributed by atoms with Crippen molar-refractivity contribution in [3.8, 4) is 0 Å². The second-order valence-corrected chi connectivity index (χ2v) is 6.05. The number of nitrogens with zero attached hydrogens (tertiary/aromatic N) is 2. The average Bonchev–Trinajstić information content (AvgIpc) is 2.68. The van der Waals surface area contributed by atoms with Gasteiger partial charge < -0.3 is 14.4 Å². The third kappa shape index (κ3) is 3.07. The van der Waals surface area contributed by atoms with E-state index in [0.717, 1.165) is 5.46 Å². The van der Waals surface area contributed by atoms with E-state index in [1.807, 2.05) is 27.7 Å². The van der Waals surface area contributed by atoms with Crippen LogP contribution in [0.25, 0.3) is 0 Å². The van der Waals surface area contributed by atoms with Gasteiger partial charge in [-0.3, -0.25) is 4.68 Å². The third-order valence-corrected chi connectivity index (χ3v) is 3.59. The molecule has 2 rings (SSSR count). The van der Waals surface area contributed by atoms with E-state index in [4.69, 9.17) is 25.0 Å². The Labute approximate surface area is 116 Å². The number of hydrogen-bond acceptors (Lipinski definition) is 4. The Morgan fingerprint density at radius 2 is 1.84 bits per heavy atom. The van der Waals surface area contributed by atoms with Crippen LogP contribution >= 0.6 is 0 Å². The fraction of sp³-hybridized carbons (Fsp3) is 0.727. The van der Waals surface area contributed by atoms with Crippen molar-refractivity contribution in [2.45, 2.75) is 50.8 Å². The van der Waals surface area contributed by atoms with E-state index < -0.39 is 23.7 Å². The molecular weight excluding hydrogens is 241 g/mol. The van der Waals surface area contributed by atoms with Crippen LogP contribution in [-0.4, -0.2) is 54.3 Å². The summed E-state index contributed by atoms with van der Waals surface area (Å²) < 4.78 is 13.2. The van der Waals surface area contributed by atoms with Gasteiger partial charge in [0, 0.05) is 23.3 Å². The van der Waals surface area contributed by atoms with Gasteiger partial charge in [-0.15, -0.1) is 0 Å². The first-order valence-corrected chi connectivity index (χ1v) is 6.18. The Morgan fingerprint density at radius 3 is 2.32 bits per heavy atom. The van der Waals surface area contributed by atoms with Gasteiger partial charge in [0.2, 0.25) is 0 Å². The molecule has 1 N–H and O–H groups in total. The smallest absolute Gasteiger partial charge is 0.407 e. The first-order valence-electron chi connectivity index (χ1n) is 6.18. The molecular formula is C11H17B3N2O3. The fourth-order valence-corrected chi connectivity index (χ4v) is 1.83. The van der Waals surface area contributed by atoms with Crippen molar-refractivity contribution in [3.63, 3.8) is 0 Å². The van der Waals surface area contributed by atoms with Crippen molar-refractivity contribution in [1.82, 2.24) is 9.78 Å². The number of hydrogen-bond donors (Lipinski definition) is 1. The Hall–Kier alpha value is -0.715. The van der Waals surface area contributed by atoms with Crippen LogP contribution in [-0.2, 0) is 15.9 Å². The van der Waals surface area contributed by atoms with E-state index in [0.29, 0.717) is 0 Å². The molecule has 0 bridgehead atoms. The van der Waals surface area contributed by atoms with Crippen LogP contribution in [0.1, 0.15) is 27.7 Å². The minimum atomic E-state index is -1.79. The van der Waals surface area contributed by atoms with Gasteiger partial charge in [0.25, 0.3) is 0 Å². The van der Waals surface area contributed by atoms with Crippen molar-refractivity contribution < 1.29 is 14.4 Å². The standard InChI is InChI=1S/C11H17B3N2O3/c1-9(2)10(3,4)19-14(18-9)8-5-15-16(6-8)7-11(12,13)17/h5-6,17H,7H2,1-4H3. The highest BCUT2D eigenvalue weighted by molar-refractivity contribution is 6.62. The third-order valence-electron chi connectivity index (χ3n) is 3.59. The van der Waals surface area contributed by atoms with Crippen LogP contribution in [0.2, 0.25) is 0 Å². The van der Waals surface area contributed by atoms with E-state index in [2.05, 4.69) is 5.10 Å². The molecule has 2 heterocycles. The lowest BCUT2D eigenvalue weighted by molar-refractivity contribution is 0.00578. The van der Waals surface area contributed by atoms with Gasteiger partial charge in [-0.1, -0.05) is 0 Å². The molecule has 1 aromatic rings. The van der Waals surface area contributed by atoms with Crippen molar-refractivity contribution in [2.24, 2.45) is 0 Å². The Kier molecular flexibility index (Phi) is 3.40. The van der Waals surface area contributed by atoms with E-state index in [1.54, 1.807) is 12.4 Å². The molecule has 0 saturated carbocycles. The van der Waals surface area contributed by atoms with Crippen LogP contribution in [0.3, 0.4) is 0 Å². The molecule has 0 unspecified atom stereocenters. The minimum Gasteiger partial charge on any atom is -0.407 e. The molecule has 19 heavy (non-hydrogen) atoms. The zero-order chi connectivity index (χ0) is 14.5. The largest absolute Gasteiger partial charge is 0.498 e. The summed E-state index contributed by atoms with van der Waals surface area (Å²) in [5.41, 5.74) is -0.0345. The monoisotopic (exact) mass is 258 g/mol. The normalized spacial score (nSPS) is 21.8. The second-order valence-electron chi connectivity index (χ2n) is 6.05. The summed E-state index contributed by atoms with van der Waals surface area (Å²) in [7, 11) is 10.2. The fourth-order valence-electron chi connectivity index (χ4n) is 1.83. The highest BCUT2D eigenvalue weighted by Gasteiger charge is 2.52. The topological polar surface area (TPSA) is 56.5 Å². The van der Waals surface area contributed by atoms with Gasteiger partial charge in [0.1, 0.15) is 15.7 Å². The van der Waals surface area contributed by atoms with Crippen molar-refractivity contribution in [1.29, 1.82) is 0 Å². The zero-order valence-corrected chi connectivity index (χ0v) is 11.8. The first-order chi connectivity index (χ1) is 8.50. The van der Waals surface area contributed by atoms with Gasteiger partial charge in [-0.05, 0) is 27.7 Å². The summed E-state index contributed by atoms with van der Waals surface area (Å²) in [6.07, 6.45) is 3.32. The Morgan fingerprint density at radius 1 is 1.32 bits per heavy atom. The highest BCUT2D eigenvalue weighted by atomic mass is 16.7. The molecule has 1 aliphatic heterocycles. The van der Waals surface area contributed by atoms with Crippen LogP contribution in [0.15, 0.2) is 12.4 Å². The molecule has 0 aromatic carbocycles. The molecule has 0 atom stereocenters. The summed E-state index contributed by atoms with van der Waals surface area (Å²) in [5.74, 6) is 0. The van der Waals surface area contributed by atoms with E-state index in [1.165, 1.54) is 4.68 Å². The number of rotatable bonds is 3. The van der Waals surface area contributed by atoms with Crippen LogP contribution < -0.4 is 5.46 Å². The molecule has 98 valence electrons. The van der Waals surface area contributed by atoms with Crippen LogP contribution in [0.5, 0.6) is 0 Å². The molecule has 4 radical (unpaired) electrons. The SMILES string of the molecule is [B]C([B])(O)Cn1cc(B2OC(C)(C)C(C)(C)O2)cn1. The van der Waals surface area contributed by atoms with Crippen LogP contribution in [0, 0.1) is 0 Å². The Balaban J connectivity index is 2.13. The predicted octanol–water partition coefficient (Wildman–Crippen LogP) is -0.835. The lowest BCUT2D eigenvalue weighted by Gasteiger charge is -2.32. The maximum Gasteiger partial charge on any atom is 0.498 e. The molecule has 0 spiro atoms. The maximum absolute atomic E-state index is 9.34. The first kappa shape index (κ1) is 14.7. The molecule has 5 nitrogen and oxygen atoms in total. The van der Waals surface area contributed by atoms with Gasteiger partial charge in [0.05, 0.1) is 17.7 Å². The minimum absolute atomic E-state index is 0.00743. The van der Waals surface area contributed by atoms with Crippen molar-refractivity contribution >= 4 is 28.3 Å². The van der Waals surface area contributed by atoms with Crippen LogP contribution in [0.4, 0.5) is 0 Å². The van der Waals surface area contributed by atoms with E-state index in [-0.39, 0.29) is 6.54 Å². The maximum atomic E-state index is 9.34. The van der Waals surface area contributed by atoms with E-state index in [9.17, 15) is 5.11 Å². The second kappa shape index (κ2) is 4.40. The zero-order valence-electron chi connectivity index (χ0n) is 11.8. The molecule has 1 aromatic heterocycles.